The minimum Gasteiger partial charge on any atom is -0.508 e. The number of thiol groups is 1. The fraction of sp³-hybridized carbons (Fsp3) is 0.227. The predicted molar refractivity (Wildman–Crippen MR) is 133 cm³/mol. The average molecular weight is 516 g/mol. The molecule has 2 heterocycles. The van der Waals surface area contributed by atoms with Gasteiger partial charge >= 0.3 is 0 Å². The molecule has 1 atom stereocenters. The van der Waals surface area contributed by atoms with Crippen molar-refractivity contribution in [2.45, 2.75) is 29.3 Å². The van der Waals surface area contributed by atoms with Crippen LogP contribution in [0.4, 0.5) is 0 Å². The van der Waals surface area contributed by atoms with Gasteiger partial charge < -0.3 is 20.0 Å². The van der Waals surface area contributed by atoms with Crippen molar-refractivity contribution in [1.82, 2.24) is 25.3 Å². The monoisotopic (exact) mass is 515 g/mol. The van der Waals surface area contributed by atoms with Gasteiger partial charge in [0.25, 0.3) is 0 Å². The molecule has 0 saturated heterocycles. The van der Waals surface area contributed by atoms with Crippen LogP contribution >= 0.6 is 35.7 Å². The van der Waals surface area contributed by atoms with E-state index in [0.29, 0.717) is 33.6 Å². The molecule has 0 bridgehead atoms. The van der Waals surface area contributed by atoms with Gasteiger partial charge in [-0.25, -0.2) is 9.67 Å². The first-order valence-corrected chi connectivity index (χ1v) is 12.6. The second-order valence-electron chi connectivity index (χ2n) is 7.32. The van der Waals surface area contributed by atoms with Crippen molar-refractivity contribution >= 4 is 58.1 Å². The van der Waals surface area contributed by atoms with Gasteiger partial charge in [-0.2, -0.15) is 11.8 Å². The van der Waals surface area contributed by atoms with Gasteiger partial charge in [0.15, 0.2) is 0 Å². The van der Waals surface area contributed by atoms with Crippen molar-refractivity contribution in [3.63, 3.8) is 0 Å². The van der Waals surface area contributed by atoms with E-state index >= 15 is 0 Å². The van der Waals surface area contributed by atoms with Crippen LogP contribution in [0.3, 0.4) is 0 Å². The summed E-state index contributed by atoms with van der Waals surface area (Å²) in [6.07, 6.45) is 2.34. The number of phenolic OH excluding ortho intramolecular Hbond substituents is 1. The number of carbonyl (C=O) groups is 2. The zero-order chi connectivity index (χ0) is 23.9. The van der Waals surface area contributed by atoms with Crippen LogP contribution in [0.2, 0.25) is 0 Å². The van der Waals surface area contributed by atoms with Crippen LogP contribution in [0.15, 0.2) is 53.0 Å². The third-order valence-electron chi connectivity index (χ3n) is 4.61. The minimum absolute atomic E-state index is 0.0634. The molecule has 34 heavy (non-hydrogen) atoms. The predicted octanol–water partition coefficient (Wildman–Crippen LogP) is 3.08. The number of carbonyl (C=O) groups excluding carboxylic acids is 2. The Balaban J connectivity index is 1.22. The minimum atomic E-state index is -0.624. The largest absolute Gasteiger partial charge is 0.508 e. The van der Waals surface area contributed by atoms with Gasteiger partial charge in [0.1, 0.15) is 41.0 Å². The zero-order valence-electron chi connectivity index (χ0n) is 17.8. The maximum atomic E-state index is 12.3. The topological polar surface area (TPSA) is 119 Å². The SMILES string of the molecule is O=C[C@@H](CSCc1cccc(O)c1)NC(=O)Cn1cc(COc2ccc3nc(S)sc3c2)nn1. The first kappa shape index (κ1) is 24.0. The summed E-state index contributed by atoms with van der Waals surface area (Å²) in [6, 6.07) is 11.9. The molecule has 9 nitrogen and oxygen atoms in total. The van der Waals surface area contributed by atoms with E-state index in [9.17, 15) is 14.7 Å². The number of hydrogen-bond donors (Lipinski definition) is 3. The molecule has 176 valence electrons. The molecule has 0 aliphatic rings. The van der Waals surface area contributed by atoms with E-state index in [0.717, 1.165) is 15.8 Å². The maximum absolute atomic E-state index is 12.3. The molecule has 0 radical (unpaired) electrons. The van der Waals surface area contributed by atoms with Crippen molar-refractivity contribution < 1.29 is 19.4 Å². The second-order valence-corrected chi connectivity index (χ2v) is 10.1. The van der Waals surface area contributed by atoms with Gasteiger partial charge in [-0.05, 0) is 35.9 Å². The van der Waals surface area contributed by atoms with E-state index < -0.39 is 6.04 Å². The Kier molecular flexibility index (Phi) is 8.03. The Hall–Kier alpha value is -3.09. The van der Waals surface area contributed by atoms with Crippen LogP contribution < -0.4 is 10.1 Å². The molecule has 0 spiro atoms. The van der Waals surface area contributed by atoms with Gasteiger partial charge in [0.05, 0.1) is 22.5 Å². The first-order valence-electron chi connectivity index (χ1n) is 10.2. The summed E-state index contributed by atoms with van der Waals surface area (Å²) in [5.74, 6) is 1.57. The van der Waals surface area contributed by atoms with Gasteiger partial charge in [0, 0.05) is 11.5 Å². The zero-order valence-corrected chi connectivity index (χ0v) is 20.4. The van der Waals surface area contributed by atoms with Crippen LogP contribution in [0.25, 0.3) is 10.2 Å². The Morgan fingerprint density at radius 3 is 3.03 bits per heavy atom. The van der Waals surface area contributed by atoms with E-state index in [2.05, 4.69) is 33.2 Å². The molecule has 12 heteroatoms. The van der Waals surface area contributed by atoms with Gasteiger partial charge in [-0.1, -0.05) is 17.3 Å². The highest BCUT2D eigenvalue weighted by molar-refractivity contribution is 7.98. The molecule has 0 aliphatic carbocycles. The highest BCUT2D eigenvalue weighted by Crippen LogP contribution is 2.28. The summed E-state index contributed by atoms with van der Waals surface area (Å²) in [5.41, 5.74) is 2.38. The van der Waals surface area contributed by atoms with Gasteiger partial charge in [0.2, 0.25) is 5.91 Å². The third-order valence-corrected chi connectivity index (χ3v) is 6.94. The van der Waals surface area contributed by atoms with Crippen LogP contribution in [0.1, 0.15) is 11.3 Å². The Bertz CT molecular complexity index is 1290. The number of rotatable bonds is 11. The molecule has 0 fully saturated rings. The Morgan fingerprint density at radius 2 is 2.21 bits per heavy atom. The second kappa shape index (κ2) is 11.4. The number of thiazole rings is 1. The number of hydrogen-bond acceptors (Lipinski definition) is 10. The molecule has 2 N–H and O–H groups in total. The number of thioether (sulfide) groups is 1. The number of aldehydes is 1. The lowest BCUT2D eigenvalue weighted by Gasteiger charge is -2.12. The maximum Gasteiger partial charge on any atom is 0.242 e. The molecule has 2 aromatic carbocycles. The molecule has 4 aromatic rings. The van der Waals surface area contributed by atoms with E-state index in [1.54, 1.807) is 24.4 Å². The number of nitrogens with one attached hydrogen (secondary N) is 1. The molecule has 4 rings (SSSR count). The van der Waals surface area contributed by atoms with Crippen molar-refractivity contribution in [2.75, 3.05) is 5.75 Å². The third kappa shape index (κ3) is 6.72. The molecule has 2 aromatic heterocycles. The van der Waals surface area contributed by atoms with E-state index in [1.165, 1.54) is 27.8 Å². The fourth-order valence-electron chi connectivity index (χ4n) is 3.09. The molecular weight excluding hydrogens is 494 g/mol. The highest BCUT2D eigenvalue weighted by atomic mass is 32.2. The van der Waals surface area contributed by atoms with E-state index in [4.69, 9.17) is 4.74 Å². The van der Waals surface area contributed by atoms with E-state index in [-0.39, 0.29) is 24.8 Å². The average Bonchev–Trinajstić information content (AvgIpc) is 3.41. The number of phenols is 1. The summed E-state index contributed by atoms with van der Waals surface area (Å²) in [7, 11) is 0. The van der Waals surface area contributed by atoms with Crippen molar-refractivity contribution in [3.05, 3.63) is 59.9 Å². The standard InChI is InChI=1S/C22H21N5O4S3/c28-10-16(13-33-12-14-2-1-3-17(29)6-14)23-21(30)9-27-8-15(25-26-27)11-31-18-4-5-19-20(7-18)34-22(32)24-19/h1-8,10,16,29H,9,11-13H2,(H,23,30)(H,24,32)/t16-/m0/s1. The summed E-state index contributed by atoms with van der Waals surface area (Å²) < 4.78 is 8.84. The number of aromatic nitrogens is 4. The Morgan fingerprint density at radius 1 is 1.32 bits per heavy atom. The van der Waals surface area contributed by atoms with Gasteiger partial charge in [-0.15, -0.1) is 29.1 Å². The first-order chi connectivity index (χ1) is 16.5. The molecule has 0 unspecified atom stereocenters. The highest BCUT2D eigenvalue weighted by Gasteiger charge is 2.13. The quantitative estimate of drug-likeness (QED) is 0.206. The summed E-state index contributed by atoms with van der Waals surface area (Å²) >= 11 is 7.22. The van der Waals surface area contributed by atoms with Crippen LogP contribution in [0, 0.1) is 0 Å². The fourth-order valence-corrected chi connectivity index (χ4v) is 5.17. The Labute approximate surface area is 208 Å². The number of fused-ring (bicyclic) bond motifs is 1. The smallest absolute Gasteiger partial charge is 0.242 e. The molecule has 1 amide bonds. The van der Waals surface area contributed by atoms with Gasteiger partial charge in [-0.3, -0.25) is 4.79 Å². The number of aromatic hydroxyl groups is 1. The number of amides is 1. The molecule has 0 saturated carbocycles. The molecule has 0 aliphatic heterocycles. The molecular formula is C22H21N5O4S3. The van der Waals surface area contributed by atoms with Crippen molar-refractivity contribution in [1.29, 1.82) is 0 Å². The van der Waals surface area contributed by atoms with Crippen LogP contribution in [0.5, 0.6) is 11.5 Å². The lowest BCUT2D eigenvalue weighted by atomic mass is 10.2. The summed E-state index contributed by atoms with van der Waals surface area (Å²) in [6.45, 7) is 0.133. The van der Waals surface area contributed by atoms with Crippen LogP contribution in [-0.4, -0.2) is 49.1 Å². The normalized spacial score (nSPS) is 11.9. The summed E-state index contributed by atoms with van der Waals surface area (Å²) in [5, 5.41) is 20.2. The lowest BCUT2D eigenvalue weighted by Crippen LogP contribution is -2.39. The lowest BCUT2D eigenvalue weighted by molar-refractivity contribution is -0.124. The van der Waals surface area contributed by atoms with Crippen molar-refractivity contribution in [2.24, 2.45) is 0 Å². The number of ether oxygens (including phenoxy) is 1. The number of nitrogens with zero attached hydrogens (tertiary/aromatic N) is 4. The van der Waals surface area contributed by atoms with E-state index in [1.807, 2.05) is 24.3 Å². The van der Waals surface area contributed by atoms with Crippen molar-refractivity contribution in [3.8, 4) is 11.5 Å². The number of benzene rings is 2. The summed E-state index contributed by atoms with van der Waals surface area (Å²) in [4.78, 5) is 28.0. The van der Waals surface area contributed by atoms with Crippen LogP contribution in [-0.2, 0) is 28.5 Å².